The molecule has 1 amide bonds. The monoisotopic (exact) mass is 348 g/mol. The van der Waals surface area contributed by atoms with Gasteiger partial charge in [0.1, 0.15) is 0 Å². The Bertz CT molecular complexity index is 712. The van der Waals surface area contributed by atoms with Crippen molar-refractivity contribution in [3.63, 3.8) is 0 Å². The summed E-state index contributed by atoms with van der Waals surface area (Å²) in [6, 6.07) is 21.7. The van der Waals surface area contributed by atoms with Crippen molar-refractivity contribution in [3.8, 4) is 0 Å². The summed E-state index contributed by atoms with van der Waals surface area (Å²) in [4.78, 5) is 15.1. The lowest BCUT2D eigenvalue weighted by molar-refractivity contribution is -0.127. The molecular weight excluding hydrogens is 320 g/mol. The van der Waals surface area contributed by atoms with Gasteiger partial charge in [0.05, 0.1) is 5.92 Å². The smallest absolute Gasteiger partial charge is 0.224 e. The van der Waals surface area contributed by atoms with E-state index in [2.05, 4.69) is 70.9 Å². The van der Waals surface area contributed by atoms with Crippen molar-refractivity contribution in [2.24, 2.45) is 11.8 Å². The van der Waals surface area contributed by atoms with E-state index in [9.17, 15) is 4.79 Å². The number of hydrogen-bond donors (Lipinski definition) is 1. The van der Waals surface area contributed by atoms with Crippen molar-refractivity contribution in [1.29, 1.82) is 0 Å². The molecule has 1 aliphatic heterocycles. The summed E-state index contributed by atoms with van der Waals surface area (Å²) in [7, 11) is 0. The predicted molar refractivity (Wildman–Crippen MR) is 104 cm³/mol. The maximum atomic E-state index is 12.6. The highest BCUT2D eigenvalue weighted by Crippen LogP contribution is 2.35. The van der Waals surface area contributed by atoms with Gasteiger partial charge in [0.2, 0.25) is 5.91 Å². The summed E-state index contributed by atoms with van der Waals surface area (Å²) in [6.07, 6.45) is 4.57. The van der Waals surface area contributed by atoms with Crippen LogP contribution in [-0.2, 0) is 11.3 Å². The highest BCUT2D eigenvalue weighted by atomic mass is 16.1. The Morgan fingerprint density at radius 2 is 1.62 bits per heavy atom. The molecule has 2 aliphatic rings. The van der Waals surface area contributed by atoms with Gasteiger partial charge in [-0.25, -0.2) is 0 Å². The molecule has 2 fully saturated rings. The fraction of sp³-hybridized carbons (Fsp3) is 0.435. The van der Waals surface area contributed by atoms with Gasteiger partial charge in [0, 0.05) is 25.7 Å². The number of nitrogens with one attached hydrogen (secondary N) is 1. The third-order valence-corrected chi connectivity index (χ3v) is 5.73. The van der Waals surface area contributed by atoms with E-state index in [1.54, 1.807) is 0 Å². The van der Waals surface area contributed by atoms with Crippen molar-refractivity contribution in [1.82, 2.24) is 10.2 Å². The molecule has 1 saturated heterocycles. The van der Waals surface area contributed by atoms with Crippen LogP contribution in [0.3, 0.4) is 0 Å². The van der Waals surface area contributed by atoms with Crippen LogP contribution in [0.4, 0.5) is 0 Å². The van der Waals surface area contributed by atoms with E-state index < -0.39 is 0 Å². The molecule has 2 aromatic rings. The molecular formula is C23H28N2O. The van der Waals surface area contributed by atoms with E-state index in [0.717, 1.165) is 38.4 Å². The van der Waals surface area contributed by atoms with E-state index in [1.807, 2.05) is 0 Å². The largest absolute Gasteiger partial charge is 0.356 e. The molecule has 1 heterocycles. The fourth-order valence-corrected chi connectivity index (χ4v) is 4.01. The zero-order valence-electron chi connectivity index (χ0n) is 15.3. The predicted octanol–water partition coefficient (Wildman–Crippen LogP) is 4.17. The van der Waals surface area contributed by atoms with E-state index in [1.165, 1.54) is 24.0 Å². The van der Waals surface area contributed by atoms with Crippen LogP contribution in [0.15, 0.2) is 60.7 Å². The van der Waals surface area contributed by atoms with Gasteiger partial charge in [-0.3, -0.25) is 9.69 Å². The van der Waals surface area contributed by atoms with Crippen molar-refractivity contribution in [2.75, 3.05) is 13.1 Å². The van der Waals surface area contributed by atoms with Crippen LogP contribution in [0.25, 0.3) is 0 Å². The Morgan fingerprint density at radius 3 is 2.31 bits per heavy atom. The lowest BCUT2D eigenvalue weighted by Gasteiger charge is -2.39. The quantitative estimate of drug-likeness (QED) is 0.850. The maximum Gasteiger partial charge on any atom is 0.224 e. The van der Waals surface area contributed by atoms with E-state index in [-0.39, 0.29) is 11.8 Å². The van der Waals surface area contributed by atoms with Crippen molar-refractivity contribution in [2.45, 2.75) is 38.3 Å². The molecule has 0 bridgehead atoms. The zero-order valence-corrected chi connectivity index (χ0v) is 15.3. The molecule has 0 spiro atoms. The van der Waals surface area contributed by atoms with E-state index in [0.29, 0.717) is 6.04 Å². The summed E-state index contributed by atoms with van der Waals surface area (Å²) in [5.41, 5.74) is 2.67. The lowest BCUT2D eigenvalue weighted by Crippen LogP contribution is -2.44. The Balaban J connectivity index is 1.47. The van der Waals surface area contributed by atoms with E-state index in [4.69, 9.17) is 0 Å². The molecule has 1 N–H and O–H groups in total. The minimum Gasteiger partial charge on any atom is -0.356 e. The maximum absolute atomic E-state index is 12.6. The third kappa shape index (κ3) is 4.34. The van der Waals surface area contributed by atoms with Gasteiger partial charge in [-0.1, -0.05) is 60.7 Å². The first kappa shape index (κ1) is 17.3. The SMILES string of the molecule is O=C(NCC1CC1)[C@@H]1CC[C@H](c2ccccc2)N(Cc2ccccc2)C1. The Hall–Kier alpha value is -2.13. The second kappa shape index (κ2) is 8.05. The van der Waals surface area contributed by atoms with Crippen LogP contribution in [0.5, 0.6) is 0 Å². The summed E-state index contributed by atoms with van der Waals surface area (Å²) in [5, 5.41) is 3.19. The number of likely N-dealkylation sites (tertiary alicyclic amines) is 1. The Kier molecular flexibility index (Phi) is 5.35. The first-order valence-electron chi connectivity index (χ1n) is 9.90. The Morgan fingerprint density at radius 1 is 0.923 bits per heavy atom. The van der Waals surface area contributed by atoms with Gasteiger partial charge >= 0.3 is 0 Å². The second-order valence-corrected chi connectivity index (χ2v) is 7.80. The minimum atomic E-state index is 0.109. The van der Waals surface area contributed by atoms with Crippen molar-refractivity contribution >= 4 is 5.91 Å². The number of nitrogens with zero attached hydrogens (tertiary/aromatic N) is 1. The van der Waals surface area contributed by atoms with Gasteiger partial charge in [-0.05, 0) is 42.7 Å². The average molecular weight is 348 g/mol. The molecule has 4 rings (SSSR count). The normalized spacial score (nSPS) is 23.5. The van der Waals surface area contributed by atoms with Gasteiger partial charge in [0.25, 0.3) is 0 Å². The molecule has 1 saturated carbocycles. The van der Waals surface area contributed by atoms with Crippen LogP contribution in [0.2, 0.25) is 0 Å². The van der Waals surface area contributed by atoms with E-state index >= 15 is 0 Å². The van der Waals surface area contributed by atoms with Crippen LogP contribution < -0.4 is 5.32 Å². The number of carbonyl (C=O) groups excluding carboxylic acids is 1. The molecule has 2 aromatic carbocycles. The van der Waals surface area contributed by atoms with Crippen LogP contribution in [-0.4, -0.2) is 23.9 Å². The van der Waals surface area contributed by atoms with Gasteiger partial charge < -0.3 is 5.32 Å². The number of amides is 1. The van der Waals surface area contributed by atoms with Crippen LogP contribution in [0.1, 0.15) is 42.9 Å². The zero-order chi connectivity index (χ0) is 17.8. The summed E-state index contributed by atoms with van der Waals surface area (Å²) < 4.78 is 0. The first-order chi connectivity index (χ1) is 12.8. The number of hydrogen-bond acceptors (Lipinski definition) is 2. The molecule has 3 nitrogen and oxygen atoms in total. The molecule has 136 valence electrons. The Labute approximate surface area is 156 Å². The molecule has 3 heteroatoms. The molecule has 26 heavy (non-hydrogen) atoms. The lowest BCUT2D eigenvalue weighted by atomic mass is 9.88. The average Bonchev–Trinajstić information content (AvgIpc) is 3.52. The summed E-state index contributed by atoms with van der Waals surface area (Å²) >= 11 is 0. The van der Waals surface area contributed by atoms with Gasteiger partial charge in [-0.2, -0.15) is 0 Å². The molecule has 0 aromatic heterocycles. The summed E-state index contributed by atoms with van der Waals surface area (Å²) in [5.74, 6) is 1.10. The number of benzene rings is 2. The molecule has 0 radical (unpaired) electrons. The number of carbonyl (C=O) groups is 1. The fourth-order valence-electron chi connectivity index (χ4n) is 4.01. The molecule has 2 atom stereocenters. The second-order valence-electron chi connectivity index (χ2n) is 7.80. The van der Waals surface area contributed by atoms with Crippen molar-refractivity contribution < 1.29 is 4.79 Å². The van der Waals surface area contributed by atoms with Gasteiger partial charge in [0.15, 0.2) is 0 Å². The van der Waals surface area contributed by atoms with Crippen LogP contribution >= 0.6 is 0 Å². The number of rotatable bonds is 6. The highest BCUT2D eigenvalue weighted by Gasteiger charge is 2.33. The van der Waals surface area contributed by atoms with Crippen molar-refractivity contribution in [3.05, 3.63) is 71.8 Å². The summed E-state index contributed by atoms with van der Waals surface area (Å²) in [6.45, 7) is 2.61. The first-order valence-corrected chi connectivity index (χ1v) is 9.90. The standard InChI is InChI=1S/C23H28N2O/c26-23(24-15-18-11-12-18)21-13-14-22(20-9-5-2-6-10-20)25(17-21)16-19-7-3-1-4-8-19/h1-10,18,21-22H,11-17H2,(H,24,26)/t21-,22-/m1/s1. The minimum absolute atomic E-state index is 0.109. The van der Waals surface area contributed by atoms with Gasteiger partial charge in [-0.15, -0.1) is 0 Å². The topological polar surface area (TPSA) is 32.3 Å². The highest BCUT2D eigenvalue weighted by molar-refractivity contribution is 5.79. The molecule has 0 unspecified atom stereocenters. The molecule has 1 aliphatic carbocycles. The number of piperidine rings is 1. The van der Waals surface area contributed by atoms with Crippen LogP contribution in [0, 0.1) is 11.8 Å². The third-order valence-electron chi connectivity index (χ3n) is 5.73.